The number of nitrogens with zero attached hydrogens (tertiary/aromatic N) is 2. The van der Waals surface area contributed by atoms with Crippen molar-refractivity contribution < 1.29 is 15.0 Å². The predicted molar refractivity (Wildman–Crippen MR) is 94.7 cm³/mol. The molecule has 0 aromatic heterocycles. The van der Waals surface area contributed by atoms with E-state index in [0.717, 1.165) is 0 Å². The van der Waals surface area contributed by atoms with Crippen LogP contribution in [0.5, 0.6) is 0 Å². The number of hydrogen-bond donors (Lipinski definition) is 2. The normalized spacial score (nSPS) is 19.8. The number of rotatable bonds is 5. The van der Waals surface area contributed by atoms with E-state index in [0.29, 0.717) is 45.5 Å². The average molecular weight is 367 g/mol. The molecule has 0 saturated carbocycles. The Hall–Kier alpha value is -1.66. The summed E-state index contributed by atoms with van der Waals surface area (Å²) in [6, 6.07) is 4.68. The number of benzene rings is 1. The maximum absolute atomic E-state index is 12.5. The standard InChI is InChI=1S/C17H16Cl2N2O3/c18-11-3-1-4-12(19)17(11)21-10(9-23)7-15(24)16-13(5-2-6-22)20-8-14(16)21/h1,3-4,7-8,14,22-23H,2,5-6,9H2. The summed E-state index contributed by atoms with van der Waals surface area (Å²) in [6.07, 6.45) is 4.08. The Morgan fingerprint density at radius 2 is 1.92 bits per heavy atom. The minimum Gasteiger partial charge on any atom is -0.396 e. The van der Waals surface area contributed by atoms with Gasteiger partial charge in [-0.1, -0.05) is 29.3 Å². The Morgan fingerprint density at radius 1 is 1.21 bits per heavy atom. The molecular formula is C17H16Cl2N2O3. The lowest BCUT2D eigenvalue weighted by molar-refractivity contribution is -0.111. The lowest BCUT2D eigenvalue weighted by Crippen LogP contribution is -2.43. The van der Waals surface area contributed by atoms with Crippen molar-refractivity contribution in [3.8, 4) is 0 Å². The van der Waals surface area contributed by atoms with Gasteiger partial charge in [-0.05, 0) is 25.0 Å². The van der Waals surface area contributed by atoms with E-state index in [1.165, 1.54) is 6.08 Å². The van der Waals surface area contributed by atoms with Crippen molar-refractivity contribution in [1.82, 2.24) is 0 Å². The molecule has 24 heavy (non-hydrogen) atoms. The highest BCUT2D eigenvalue weighted by Gasteiger charge is 2.38. The molecule has 5 nitrogen and oxygen atoms in total. The van der Waals surface area contributed by atoms with Crippen molar-refractivity contribution in [2.75, 3.05) is 18.1 Å². The molecule has 1 aromatic rings. The summed E-state index contributed by atoms with van der Waals surface area (Å²) in [5.41, 5.74) is 2.14. The molecule has 2 aliphatic heterocycles. The van der Waals surface area contributed by atoms with Gasteiger partial charge in [0.1, 0.15) is 6.04 Å². The summed E-state index contributed by atoms with van der Waals surface area (Å²) in [4.78, 5) is 18.6. The zero-order valence-electron chi connectivity index (χ0n) is 12.7. The van der Waals surface area contributed by atoms with Crippen molar-refractivity contribution in [1.29, 1.82) is 0 Å². The Balaban J connectivity index is 2.12. The molecule has 2 N–H and O–H groups in total. The number of halogens is 2. The molecule has 0 fully saturated rings. The smallest absolute Gasteiger partial charge is 0.187 e. The number of carbonyl (C=O) groups is 1. The molecule has 1 aromatic carbocycles. The van der Waals surface area contributed by atoms with Crippen LogP contribution in [0.1, 0.15) is 12.8 Å². The van der Waals surface area contributed by atoms with Gasteiger partial charge >= 0.3 is 0 Å². The molecule has 1 atom stereocenters. The van der Waals surface area contributed by atoms with E-state index >= 15 is 0 Å². The molecule has 3 rings (SSSR count). The van der Waals surface area contributed by atoms with E-state index in [1.54, 1.807) is 29.3 Å². The monoisotopic (exact) mass is 366 g/mol. The average Bonchev–Trinajstić information content (AvgIpc) is 2.98. The Bertz CT molecular complexity index is 751. The molecular weight excluding hydrogens is 351 g/mol. The van der Waals surface area contributed by atoms with Crippen LogP contribution >= 0.6 is 23.2 Å². The second-order valence-corrected chi connectivity index (χ2v) is 6.32. The summed E-state index contributed by atoms with van der Waals surface area (Å²) < 4.78 is 0. The van der Waals surface area contributed by atoms with Gasteiger partial charge in [-0.25, -0.2) is 0 Å². The predicted octanol–water partition coefficient (Wildman–Crippen LogP) is 2.74. The van der Waals surface area contributed by atoms with Gasteiger partial charge in [-0.2, -0.15) is 0 Å². The quantitative estimate of drug-likeness (QED) is 0.840. The van der Waals surface area contributed by atoms with Crippen molar-refractivity contribution in [3.63, 3.8) is 0 Å². The number of anilines is 1. The van der Waals surface area contributed by atoms with Gasteiger partial charge in [0.25, 0.3) is 0 Å². The second-order valence-electron chi connectivity index (χ2n) is 5.51. The molecule has 1 unspecified atom stereocenters. The fourth-order valence-corrected chi connectivity index (χ4v) is 3.59. The number of para-hydroxylation sites is 1. The van der Waals surface area contributed by atoms with Crippen LogP contribution in [-0.2, 0) is 4.79 Å². The minimum atomic E-state index is -0.462. The van der Waals surface area contributed by atoms with Crippen LogP contribution in [0, 0.1) is 0 Å². The zero-order valence-corrected chi connectivity index (χ0v) is 14.3. The molecule has 7 heteroatoms. The van der Waals surface area contributed by atoms with Crippen LogP contribution in [0.2, 0.25) is 10.0 Å². The maximum Gasteiger partial charge on any atom is 0.187 e. The lowest BCUT2D eigenvalue weighted by Gasteiger charge is -2.36. The number of carbonyl (C=O) groups excluding carboxylic acids is 1. The first-order valence-corrected chi connectivity index (χ1v) is 8.31. The molecule has 0 amide bonds. The van der Waals surface area contributed by atoms with Crippen LogP contribution in [0.15, 0.2) is 46.2 Å². The molecule has 0 bridgehead atoms. The summed E-state index contributed by atoms with van der Waals surface area (Å²) in [5.74, 6) is -0.186. The molecule has 0 saturated heterocycles. The van der Waals surface area contributed by atoms with E-state index in [4.69, 9.17) is 28.3 Å². The van der Waals surface area contributed by atoms with Crippen LogP contribution in [0.25, 0.3) is 0 Å². The number of hydrogen-bond acceptors (Lipinski definition) is 5. The zero-order chi connectivity index (χ0) is 17.3. The first-order chi connectivity index (χ1) is 11.6. The highest BCUT2D eigenvalue weighted by molar-refractivity contribution is 6.39. The van der Waals surface area contributed by atoms with Gasteiger partial charge < -0.3 is 15.1 Å². The van der Waals surface area contributed by atoms with E-state index in [-0.39, 0.29) is 19.0 Å². The van der Waals surface area contributed by atoms with E-state index < -0.39 is 6.04 Å². The summed E-state index contributed by atoms with van der Waals surface area (Å²) in [6.45, 7) is -0.292. The van der Waals surface area contributed by atoms with Gasteiger partial charge in [-0.15, -0.1) is 0 Å². The number of allylic oxidation sites excluding steroid dienone is 2. The number of aliphatic hydroxyl groups excluding tert-OH is 2. The van der Waals surface area contributed by atoms with Gasteiger partial charge in [0, 0.05) is 35.9 Å². The number of ketones is 1. The molecule has 0 spiro atoms. The van der Waals surface area contributed by atoms with E-state index in [1.807, 2.05) is 0 Å². The summed E-state index contributed by atoms with van der Waals surface area (Å²) >= 11 is 12.6. The van der Waals surface area contributed by atoms with Crippen molar-refractivity contribution >= 4 is 40.9 Å². The number of aliphatic imine (C=N–C) groups is 1. The van der Waals surface area contributed by atoms with Crippen LogP contribution < -0.4 is 4.90 Å². The fraction of sp³-hybridized carbons (Fsp3) is 0.294. The lowest BCUT2D eigenvalue weighted by atomic mass is 9.94. The topological polar surface area (TPSA) is 73.1 Å². The van der Waals surface area contributed by atoms with Crippen LogP contribution in [0.4, 0.5) is 5.69 Å². The Labute approximate surface area is 149 Å². The molecule has 126 valence electrons. The van der Waals surface area contributed by atoms with Crippen LogP contribution in [0.3, 0.4) is 0 Å². The molecule has 0 aliphatic carbocycles. The van der Waals surface area contributed by atoms with Crippen molar-refractivity contribution in [2.45, 2.75) is 18.9 Å². The largest absolute Gasteiger partial charge is 0.396 e. The van der Waals surface area contributed by atoms with E-state index in [9.17, 15) is 9.90 Å². The van der Waals surface area contributed by atoms with Gasteiger partial charge in [-0.3, -0.25) is 9.79 Å². The fourth-order valence-electron chi connectivity index (χ4n) is 3.01. The van der Waals surface area contributed by atoms with Crippen LogP contribution in [-0.4, -0.2) is 41.5 Å². The SMILES string of the molecule is O=C1C=C(CO)N(c2c(Cl)cccc2Cl)C2C=NC(CCCO)=C12. The summed E-state index contributed by atoms with van der Waals surface area (Å²) in [5, 5.41) is 19.6. The first-order valence-electron chi connectivity index (χ1n) is 7.55. The van der Waals surface area contributed by atoms with Crippen molar-refractivity contribution in [2.24, 2.45) is 4.99 Å². The Kier molecular flexibility index (Phi) is 5.06. The molecule has 2 aliphatic rings. The highest BCUT2D eigenvalue weighted by atomic mass is 35.5. The maximum atomic E-state index is 12.5. The second kappa shape index (κ2) is 7.07. The third kappa shape index (κ3) is 2.89. The number of aliphatic hydroxyl groups is 2. The third-order valence-corrected chi connectivity index (χ3v) is 4.65. The van der Waals surface area contributed by atoms with Gasteiger partial charge in [0.15, 0.2) is 5.78 Å². The Morgan fingerprint density at radius 3 is 2.54 bits per heavy atom. The number of fused-ring (bicyclic) bond motifs is 1. The highest BCUT2D eigenvalue weighted by Crippen LogP contribution is 2.41. The van der Waals surface area contributed by atoms with Gasteiger partial charge in [0.05, 0.1) is 22.3 Å². The molecule has 2 heterocycles. The third-order valence-electron chi connectivity index (χ3n) is 4.04. The van der Waals surface area contributed by atoms with E-state index in [2.05, 4.69) is 4.99 Å². The summed E-state index contributed by atoms with van der Waals surface area (Å²) in [7, 11) is 0. The minimum absolute atomic E-state index is 0.0307. The first kappa shape index (κ1) is 17.2. The van der Waals surface area contributed by atoms with Crippen molar-refractivity contribution in [3.05, 3.63) is 51.3 Å². The van der Waals surface area contributed by atoms with Gasteiger partial charge in [0.2, 0.25) is 0 Å². The molecule has 0 radical (unpaired) electrons.